The van der Waals surface area contributed by atoms with E-state index in [1.54, 1.807) is 0 Å². The van der Waals surface area contributed by atoms with Crippen molar-refractivity contribution in [3.8, 4) is 0 Å². The number of fused-ring (bicyclic) bond motifs is 2. The van der Waals surface area contributed by atoms with Gasteiger partial charge in [-0.2, -0.15) is 0 Å². The molecule has 0 aliphatic heterocycles. The van der Waals surface area contributed by atoms with Gasteiger partial charge in [0.15, 0.2) is 0 Å². The molecular weight excluding hydrogens is 226 g/mol. The van der Waals surface area contributed by atoms with E-state index >= 15 is 0 Å². The Morgan fingerprint density at radius 1 is 1.28 bits per heavy atom. The van der Waals surface area contributed by atoms with E-state index < -0.39 is 0 Å². The molecular formula is C15H29NO2. The van der Waals surface area contributed by atoms with Crippen molar-refractivity contribution in [2.24, 2.45) is 17.8 Å². The molecule has 3 nitrogen and oxygen atoms in total. The van der Waals surface area contributed by atoms with Gasteiger partial charge in [0.2, 0.25) is 0 Å². The molecule has 2 aliphatic rings. The monoisotopic (exact) mass is 255 g/mol. The molecule has 0 heterocycles. The van der Waals surface area contributed by atoms with E-state index in [2.05, 4.69) is 19.2 Å². The van der Waals surface area contributed by atoms with E-state index in [1.165, 1.54) is 32.1 Å². The molecule has 18 heavy (non-hydrogen) atoms. The molecule has 0 radical (unpaired) electrons. The highest BCUT2D eigenvalue weighted by Gasteiger charge is 2.38. The second kappa shape index (κ2) is 6.88. The van der Waals surface area contributed by atoms with Gasteiger partial charge in [0, 0.05) is 19.2 Å². The number of ether oxygens (including phenoxy) is 1. The lowest BCUT2D eigenvalue weighted by atomic mass is 9.87. The fraction of sp³-hybridized carbons (Fsp3) is 1.00. The first-order valence-corrected chi connectivity index (χ1v) is 7.64. The molecule has 0 spiro atoms. The molecule has 2 rings (SSSR count). The minimum absolute atomic E-state index is 0.368. The molecule has 4 atom stereocenters. The summed E-state index contributed by atoms with van der Waals surface area (Å²) < 4.78 is 5.61. The smallest absolute Gasteiger partial charge is 0.0897 e. The number of hydrogen-bond acceptors (Lipinski definition) is 3. The third-order valence-electron chi connectivity index (χ3n) is 4.59. The van der Waals surface area contributed by atoms with Gasteiger partial charge in [0.25, 0.3) is 0 Å². The maximum atomic E-state index is 9.71. The molecule has 0 saturated heterocycles. The van der Waals surface area contributed by atoms with Crippen molar-refractivity contribution < 1.29 is 9.84 Å². The summed E-state index contributed by atoms with van der Waals surface area (Å²) in [5.74, 6) is 2.93. The molecule has 0 aromatic rings. The SMILES string of the molecule is CC(C)NC[C@H](O)COCC[C@@H]1C[C@@H]2CC[C@@H]1C2. The Bertz CT molecular complexity index is 245. The second-order valence-electron chi connectivity index (χ2n) is 6.52. The van der Waals surface area contributed by atoms with Crippen LogP contribution in [-0.4, -0.2) is 37.0 Å². The van der Waals surface area contributed by atoms with Crippen molar-refractivity contribution >= 4 is 0 Å². The topological polar surface area (TPSA) is 41.5 Å². The third-order valence-corrected chi connectivity index (χ3v) is 4.59. The first-order chi connectivity index (χ1) is 8.65. The predicted octanol–water partition coefficient (Wildman–Crippen LogP) is 2.19. The molecule has 106 valence electrons. The van der Waals surface area contributed by atoms with E-state index in [0.717, 1.165) is 24.4 Å². The van der Waals surface area contributed by atoms with Crippen molar-refractivity contribution in [3.63, 3.8) is 0 Å². The summed E-state index contributed by atoms with van der Waals surface area (Å²) in [4.78, 5) is 0. The lowest BCUT2D eigenvalue weighted by Gasteiger charge is -2.21. The van der Waals surface area contributed by atoms with E-state index in [9.17, 15) is 5.11 Å². The van der Waals surface area contributed by atoms with Gasteiger partial charge < -0.3 is 15.2 Å². The summed E-state index contributed by atoms with van der Waals surface area (Å²) in [6.07, 6.45) is 6.67. The van der Waals surface area contributed by atoms with Crippen LogP contribution < -0.4 is 5.32 Å². The summed E-state index contributed by atoms with van der Waals surface area (Å²) in [5, 5.41) is 12.9. The average Bonchev–Trinajstić information content (AvgIpc) is 2.94. The second-order valence-corrected chi connectivity index (χ2v) is 6.52. The van der Waals surface area contributed by atoms with Gasteiger partial charge in [0.05, 0.1) is 12.7 Å². The molecule has 0 amide bonds. The molecule has 0 aromatic carbocycles. The fourth-order valence-electron chi connectivity index (χ4n) is 3.61. The standard InChI is InChI=1S/C15H29NO2/c1-11(2)16-9-15(17)10-18-6-5-14-8-12-3-4-13(14)7-12/h11-17H,3-10H2,1-2H3/t12-,13-,14-,15+/m1/s1. The average molecular weight is 255 g/mol. The van der Waals surface area contributed by atoms with E-state index in [0.29, 0.717) is 19.2 Å². The van der Waals surface area contributed by atoms with E-state index in [-0.39, 0.29) is 6.10 Å². The zero-order chi connectivity index (χ0) is 13.0. The van der Waals surface area contributed by atoms with Crippen LogP contribution in [0.5, 0.6) is 0 Å². The summed E-state index contributed by atoms with van der Waals surface area (Å²) in [6.45, 7) is 6.10. The Hall–Kier alpha value is -0.120. The van der Waals surface area contributed by atoms with Crippen LogP contribution >= 0.6 is 0 Å². The highest BCUT2D eigenvalue weighted by molar-refractivity contribution is 4.89. The Morgan fingerprint density at radius 3 is 2.72 bits per heavy atom. The molecule has 2 saturated carbocycles. The van der Waals surface area contributed by atoms with Crippen LogP contribution in [0.1, 0.15) is 46.0 Å². The van der Waals surface area contributed by atoms with E-state index in [1.807, 2.05) is 0 Å². The molecule has 2 N–H and O–H groups in total. The van der Waals surface area contributed by atoms with Gasteiger partial charge in [-0.25, -0.2) is 0 Å². The van der Waals surface area contributed by atoms with Gasteiger partial charge in [0.1, 0.15) is 0 Å². The lowest BCUT2D eigenvalue weighted by molar-refractivity contribution is 0.0283. The van der Waals surface area contributed by atoms with Crippen molar-refractivity contribution in [1.29, 1.82) is 0 Å². The first kappa shape index (κ1) is 14.3. The molecule has 2 fully saturated rings. The zero-order valence-electron chi connectivity index (χ0n) is 11.9. The summed E-state index contributed by atoms with van der Waals surface area (Å²) in [5.41, 5.74) is 0. The molecule has 0 aromatic heterocycles. The summed E-state index contributed by atoms with van der Waals surface area (Å²) >= 11 is 0. The number of nitrogens with one attached hydrogen (secondary N) is 1. The molecule has 0 unspecified atom stereocenters. The minimum atomic E-state index is -0.368. The first-order valence-electron chi connectivity index (χ1n) is 7.64. The number of aliphatic hydroxyl groups is 1. The molecule has 2 aliphatic carbocycles. The van der Waals surface area contributed by atoms with Crippen LogP contribution in [0.25, 0.3) is 0 Å². The lowest BCUT2D eigenvalue weighted by Crippen LogP contribution is -2.34. The predicted molar refractivity (Wildman–Crippen MR) is 73.5 cm³/mol. The van der Waals surface area contributed by atoms with Crippen molar-refractivity contribution in [1.82, 2.24) is 5.32 Å². The Labute approximate surface area is 111 Å². The third kappa shape index (κ3) is 4.22. The zero-order valence-corrected chi connectivity index (χ0v) is 11.9. The Kier molecular flexibility index (Phi) is 5.46. The number of rotatable bonds is 8. The van der Waals surface area contributed by atoms with Crippen molar-refractivity contribution in [2.75, 3.05) is 19.8 Å². The van der Waals surface area contributed by atoms with Gasteiger partial charge in [-0.15, -0.1) is 0 Å². The minimum Gasteiger partial charge on any atom is -0.389 e. The van der Waals surface area contributed by atoms with Crippen LogP contribution in [0.2, 0.25) is 0 Å². The number of aliphatic hydroxyl groups excluding tert-OH is 1. The van der Waals surface area contributed by atoms with Crippen LogP contribution in [0.4, 0.5) is 0 Å². The molecule has 3 heteroatoms. The summed E-state index contributed by atoms with van der Waals surface area (Å²) in [7, 11) is 0. The Morgan fingerprint density at radius 2 is 2.11 bits per heavy atom. The normalized spacial score (nSPS) is 32.3. The van der Waals surface area contributed by atoms with Crippen LogP contribution in [0.15, 0.2) is 0 Å². The maximum Gasteiger partial charge on any atom is 0.0897 e. The highest BCUT2D eigenvalue weighted by atomic mass is 16.5. The van der Waals surface area contributed by atoms with Crippen LogP contribution in [-0.2, 0) is 4.74 Å². The summed E-state index contributed by atoms with van der Waals surface area (Å²) in [6, 6.07) is 0.425. The quantitative estimate of drug-likeness (QED) is 0.653. The van der Waals surface area contributed by atoms with Crippen molar-refractivity contribution in [3.05, 3.63) is 0 Å². The van der Waals surface area contributed by atoms with Gasteiger partial charge in [-0.1, -0.05) is 20.3 Å². The highest BCUT2D eigenvalue weighted by Crippen LogP contribution is 2.49. The van der Waals surface area contributed by atoms with Gasteiger partial charge in [-0.3, -0.25) is 0 Å². The van der Waals surface area contributed by atoms with E-state index in [4.69, 9.17) is 4.74 Å². The van der Waals surface area contributed by atoms with Crippen LogP contribution in [0.3, 0.4) is 0 Å². The Balaban J connectivity index is 1.48. The van der Waals surface area contributed by atoms with Crippen molar-refractivity contribution in [2.45, 2.75) is 58.1 Å². The fourth-order valence-corrected chi connectivity index (χ4v) is 3.61. The van der Waals surface area contributed by atoms with Gasteiger partial charge >= 0.3 is 0 Å². The largest absolute Gasteiger partial charge is 0.389 e. The number of hydrogen-bond donors (Lipinski definition) is 2. The maximum absolute atomic E-state index is 9.71. The van der Waals surface area contributed by atoms with Gasteiger partial charge in [-0.05, 0) is 43.4 Å². The van der Waals surface area contributed by atoms with Crippen LogP contribution in [0, 0.1) is 17.8 Å². The molecule has 2 bridgehead atoms.